The zero-order valence-corrected chi connectivity index (χ0v) is 19.9. The number of aromatic hydroxyl groups is 1. The normalized spacial score (nSPS) is 14.9. The molecule has 1 aromatic rings. The van der Waals surface area contributed by atoms with Crippen LogP contribution in [-0.2, 0) is 26.1 Å². The Morgan fingerprint density at radius 2 is 1.36 bits per heavy atom. The zero-order valence-electron chi connectivity index (χ0n) is 19.0. The molecule has 0 spiro atoms. The first-order chi connectivity index (χ1) is 12.8. The Morgan fingerprint density at radius 1 is 0.893 bits per heavy atom. The van der Waals surface area contributed by atoms with Crippen LogP contribution in [-0.4, -0.2) is 16.6 Å². The zero-order chi connectivity index (χ0) is 21.6. The van der Waals surface area contributed by atoms with Gasteiger partial charge in [0.25, 0.3) is 0 Å². The van der Waals surface area contributed by atoms with E-state index in [1.54, 1.807) is 0 Å². The van der Waals surface area contributed by atoms with Gasteiger partial charge in [0.1, 0.15) is 5.75 Å². The number of phenolic OH excluding ortho intramolecular Hbond substituents is 1. The first-order valence-electron chi connectivity index (χ1n) is 10.6. The average molecular weight is 413 g/mol. The minimum absolute atomic E-state index is 0.0325. The van der Waals surface area contributed by atoms with Crippen molar-refractivity contribution < 1.29 is 19.1 Å². The maximum Gasteiger partial charge on any atom is 0.332 e. The van der Waals surface area contributed by atoms with Crippen molar-refractivity contribution in [1.29, 1.82) is 0 Å². The highest BCUT2D eigenvalue weighted by molar-refractivity contribution is 7.51. The lowest BCUT2D eigenvalue weighted by molar-refractivity contribution is 0.251. The van der Waals surface area contributed by atoms with E-state index in [1.165, 1.54) is 19.3 Å². The summed E-state index contributed by atoms with van der Waals surface area (Å²) in [4.78, 5) is 10.3. The number of benzene rings is 1. The van der Waals surface area contributed by atoms with Gasteiger partial charge in [0.15, 0.2) is 0 Å². The lowest BCUT2D eigenvalue weighted by Crippen LogP contribution is -2.18. The summed E-state index contributed by atoms with van der Waals surface area (Å²) in [6.45, 7) is 14.7. The lowest BCUT2D eigenvalue weighted by atomic mass is 9.78. The minimum Gasteiger partial charge on any atom is -0.507 e. The minimum atomic E-state index is -3.72. The molecule has 0 aromatic heterocycles. The molecule has 162 valence electrons. The van der Waals surface area contributed by atoms with Crippen LogP contribution in [0.4, 0.5) is 0 Å². The quantitative estimate of drug-likeness (QED) is 0.319. The summed E-state index contributed by atoms with van der Waals surface area (Å²) in [5.41, 5.74) is 1.80. The summed E-state index contributed by atoms with van der Waals surface area (Å²) in [5, 5.41) is 10.8. The highest BCUT2D eigenvalue weighted by Crippen LogP contribution is 2.48. The van der Waals surface area contributed by atoms with E-state index in [2.05, 4.69) is 6.92 Å². The SMILES string of the molecule is CCCCCCCCOP(=O)(O)Cc1cc(C(C)(C)C)c(O)c(C(C)(C)C)c1. The Labute approximate surface area is 172 Å². The molecule has 28 heavy (non-hydrogen) atoms. The first-order valence-corrected chi connectivity index (χ1v) is 12.4. The van der Waals surface area contributed by atoms with Gasteiger partial charge in [-0.25, -0.2) is 0 Å². The topological polar surface area (TPSA) is 66.8 Å². The van der Waals surface area contributed by atoms with Crippen LogP contribution in [0, 0.1) is 0 Å². The Kier molecular flexibility index (Phi) is 9.25. The van der Waals surface area contributed by atoms with Crippen molar-refractivity contribution in [2.45, 2.75) is 104 Å². The Balaban J connectivity index is 2.88. The van der Waals surface area contributed by atoms with E-state index >= 15 is 0 Å². The van der Waals surface area contributed by atoms with Crippen LogP contribution >= 0.6 is 7.60 Å². The van der Waals surface area contributed by atoms with Crippen molar-refractivity contribution in [1.82, 2.24) is 0 Å². The molecule has 1 aromatic carbocycles. The molecule has 0 saturated carbocycles. The van der Waals surface area contributed by atoms with Crippen molar-refractivity contribution >= 4 is 7.60 Å². The third kappa shape index (κ3) is 8.27. The number of phenols is 1. The summed E-state index contributed by atoms with van der Waals surface area (Å²) in [6.07, 6.45) is 6.62. The van der Waals surface area contributed by atoms with Gasteiger partial charge in [0.2, 0.25) is 0 Å². The van der Waals surface area contributed by atoms with Crippen LogP contribution < -0.4 is 0 Å². The molecule has 1 atom stereocenters. The first kappa shape index (κ1) is 25.2. The molecule has 0 aliphatic carbocycles. The van der Waals surface area contributed by atoms with Crippen molar-refractivity contribution in [2.75, 3.05) is 6.61 Å². The molecule has 5 heteroatoms. The van der Waals surface area contributed by atoms with E-state index in [-0.39, 0.29) is 22.7 Å². The van der Waals surface area contributed by atoms with Crippen LogP contribution in [0.5, 0.6) is 5.75 Å². The molecule has 2 N–H and O–H groups in total. The third-order valence-corrected chi connectivity index (χ3v) is 6.31. The Morgan fingerprint density at radius 3 is 1.82 bits per heavy atom. The van der Waals surface area contributed by atoms with Crippen LogP contribution in [0.25, 0.3) is 0 Å². The molecule has 0 amide bonds. The maximum absolute atomic E-state index is 12.6. The number of hydrogen-bond acceptors (Lipinski definition) is 3. The summed E-state index contributed by atoms with van der Waals surface area (Å²) in [5.74, 6) is 0.282. The van der Waals surface area contributed by atoms with Crippen molar-refractivity contribution in [2.24, 2.45) is 0 Å². The smallest absolute Gasteiger partial charge is 0.332 e. The number of unbranched alkanes of at least 4 members (excludes halogenated alkanes) is 5. The van der Waals surface area contributed by atoms with Crippen LogP contribution in [0.2, 0.25) is 0 Å². The van der Waals surface area contributed by atoms with E-state index in [0.29, 0.717) is 6.61 Å². The Bertz CT molecular complexity index is 633. The summed E-state index contributed by atoms with van der Waals surface area (Å²) in [7, 11) is -3.72. The van der Waals surface area contributed by atoms with Crippen molar-refractivity contribution in [3.63, 3.8) is 0 Å². The van der Waals surface area contributed by atoms with E-state index in [1.807, 2.05) is 53.7 Å². The largest absolute Gasteiger partial charge is 0.507 e. The highest BCUT2D eigenvalue weighted by atomic mass is 31.2. The fraction of sp³-hybridized carbons (Fsp3) is 0.739. The molecule has 1 unspecified atom stereocenters. The van der Waals surface area contributed by atoms with E-state index in [0.717, 1.165) is 36.0 Å². The predicted octanol–water partition coefficient (Wildman–Crippen LogP) is 7.05. The monoisotopic (exact) mass is 412 g/mol. The van der Waals surface area contributed by atoms with Gasteiger partial charge in [0.05, 0.1) is 12.8 Å². The van der Waals surface area contributed by atoms with E-state index in [9.17, 15) is 14.6 Å². The maximum atomic E-state index is 12.6. The fourth-order valence-corrected chi connectivity index (χ4v) is 4.44. The van der Waals surface area contributed by atoms with Crippen LogP contribution in [0.1, 0.15) is 104 Å². The summed E-state index contributed by atoms with van der Waals surface area (Å²) < 4.78 is 18.0. The van der Waals surface area contributed by atoms with Gasteiger partial charge < -0.3 is 14.5 Å². The van der Waals surface area contributed by atoms with E-state index in [4.69, 9.17) is 4.52 Å². The second-order valence-corrected chi connectivity index (χ2v) is 11.8. The molecule has 0 aliphatic rings. The third-order valence-electron chi connectivity index (χ3n) is 4.96. The molecule has 0 saturated heterocycles. The van der Waals surface area contributed by atoms with Crippen molar-refractivity contribution in [3.05, 3.63) is 28.8 Å². The second-order valence-electron chi connectivity index (χ2n) is 9.94. The molecule has 0 radical (unpaired) electrons. The van der Waals surface area contributed by atoms with Gasteiger partial charge in [-0.1, -0.05) is 92.7 Å². The van der Waals surface area contributed by atoms with E-state index < -0.39 is 7.60 Å². The van der Waals surface area contributed by atoms with Gasteiger partial charge >= 0.3 is 7.60 Å². The lowest BCUT2D eigenvalue weighted by Gasteiger charge is -2.28. The second kappa shape index (κ2) is 10.3. The standard InChI is InChI=1S/C23H41O4P/c1-8-9-10-11-12-13-14-27-28(25,26)17-18-15-19(22(2,3)4)21(24)20(16-18)23(5,6)7/h15-16,24H,8-14,17H2,1-7H3,(H,25,26). The molecular formula is C23H41O4P. The molecule has 4 nitrogen and oxygen atoms in total. The predicted molar refractivity (Wildman–Crippen MR) is 118 cm³/mol. The van der Waals surface area contributed by atoms with Gasteiger partial charge in [-0.2, -0.15) is 0 Å². The molecule has 1 rings (SSSR count). The van der Waals surface area contributed by atoms with Crippen molar-refractivity contribution in [3.8, 4) is 5.75 Å². The molecular weight excluding hydrogens is 371 g/mol. The molecule has 0 heterocycles. The van der Waals surface area contributed by atoms with Gasteiger partial charge in [-0.3, -0.25) is 4.57 Å². The molecule has 0 fully saturated rings. The van der Waals surface area contributed by atoms with Gasteiger partial charge in [-0.15, -0.1) is 0 Å². The molecule has 0 aliphatic heterocycles. The van der Waals surface area contributed by atoms with Gasteiger partial charge in [0, 0.05) is 0 Å². The summed E-state index contributed by atoms with van der Waals surface area (Å²) >= 11 is 0. The average Bonchev–Trinajstić information content (AvgIpc) is 2.53. The fourth-order valence-electron chi connectivity index (χ4n) is 3.29. The van der Waals surface area contributed by atoms with Crippen LogP contribution in [0.15, 0.2) is 12.1 Å². The highest BCUT2D eigenvalue weighted by Gasteiger charge is 2.28. The summed E-state index contributed by atoms with van der Waals surface area (Å²) in [6, 6.07) is 3.70. The van der Waals surface area contributed by atoms with Crippen LogP contribution in [0.3, 0.4) is 0 Å². The molecule has 0 bridgehead atoms. The number of hydrogen-bond donors (Lipinski definition) is 2. The van der Waals surface area contributed by atoms with Gasteiger partial charge in [-0.05, 0) is 33.9 Å². The number of rotatable bonds is 10. The Hall–Kier alpha value is -0.830.